The number of aromatic amines is 4. The predicted molar refractivity (Wildman–Crippen MR) is 271 cm³/mol. The molecule has 378 valence electrons. The molecule has 4 saturated heterocycles. The van der Waals surface area contributed by atoms with Crippen molar-refractivity contribution in [2.75, 3.05) is 113 Å². The van der Waals surface area contributed by atoms with Crippen LogP contribution in [0.1, 0.15) is 84.1 Å². The summed E-state index contributed by atoms with van der Waals surface area (Å²) in [6.45, 7) is 19.8. The van der Waals surface area contributed by atoms with Crippen LogP contribution in [-0.2, 0) is 0 Å². The van der Waals surface area contributed by atoms with E-state index in [4.69, 9.17) is 17.7 Å². The van der Waals surface area contributed by atoms with Gasteiger partial charge in [-0.05, 0) is 68.1 Å². The van der Waals surface area contributed by atoms with Crippen molar-refractivity contribution in [2.24, 2.45) is 0 Å². The van der Waals surface area contributed by atoms with Gasteiger partial charge in [0.05, 0.1) is 28.3 Å². The third-order valence-electron chi connectivity index (χ3n) is 14.0. The van der Waals surface area contributed by atoms with E-state index in [1.165, 1.54) is 6.42 Å². The molecule has 0 radical (unpaired) electrons. The number of hydrogen-bond acceptors (Lipinski definition) is 11. The van der Waals surface area contributed by atoms with Crippen LogP contribution >= 0.6 is 0 Å². The zero-order valence-electron chi connectivity index (χ0n) is 42.0. The van der Waals surface area contributed by atoms with Crippen LogP contribution in [0.15, 0.2) is 66.4 Å². The molecule has 4 amide bonds. The Labute approximate surface area is 412 Å². The molecule has 71 heavy (non-hydrogen) atoms. The molecule has 0 bridgehead atoms. The molecular formula is C52H67N11O8. The van der Waals surface area contributed by atoms with Gasteiger partial charge in [0.25, 0.3) is 23.6 Å². The molecular weight excluding hydrogens is 907 g/mol. The maximum atomic E-state index is 12.4. The first-order valence-electron chi connectivity index (χ1n) is 24.7. The van der Waals surface area contributed by atoms with Crippen LogP contribution in [0, 0.1) is 27.7 Å². The number of likely N-dealkylation sites (N-methyl/N-ethyl adjacent to an activating group) is 3. The SMILES string of the molecule is CN1CCN(C(=O)c2cc3occc3[nH]2)CC1.Cc1cc2[nH]c(C(=O)N3CCCCC3)cc2o1.Cc1cc2[nH]c(C(=O)N3CCN(C)CC3)cc2o1.Cc1oc2cc(C(=O)N3CCN(C)CC3)[nH]c2c1C. The van der Waals surface area contributed by atoms with Gasteiger partial charge < -0.3 is 71.9 Å². The molecule has 0 atom stereocenters. The first-order chi connectivity index (χ1) is 34.2. The largest absolute Gasteiger partial charge is 0.463 e. The Morgan fingerprint density at radius 3 is 1.21 bits per heavy atom. The lowest BCUT2D eigenvalue weighted by molar-refractivity contribution is 0.0652. The zero-order valence-corrected chi connectivity index (χ0v) is 42.0. The summed E-state index contributed by atoms with van der Waals surface area (Å²) in [7, 11) is 6.23. The maximum Gasteiger partial charge on any atom is 0.270 e. The summed E-state index contributed by atoms with van der Waals surface area (Å²) in [5.74, 6) is 2.90. The molecule has 4 aliphatic rings. The van der Waals surface area contributed by atoms with Crippen LogP contribution in [0.5, 0.6) is 0 Å². The molecule has 8 aromatic heterocycles. The van der Waals surface area contributed by atoms with Crippen LogP contribution in [0.3, 0.4) is 0 Å². The van der Waals surface area contributed by atoms with E-state index < -0.39 is 0 Å². The maximum absolute atomic E-state index is 12.4. The number of carbonyl (C=O) groups excluding carboxylic acids is 4. The molecule has 12 heterocycles. The molecule has 0 unspecified atom stereocenters. The smallest absolute Gasteiger partial charge is 0.270 e. The van der Waals surface area contributed by atoms with Gasteiger partial charge in [-0.2, -0.15) is 0 Å². The fourth-order valence-electron chi connectivity index (χ4n) is 9.43. The summed E-state index contributed by atoms with van der Waals surface area (Å²) < 4.78 is 21.8. The van der Waals surface area contributed by atoms with E-state index in [1.54, 1.807) is 24.5 Å². The molecule has 0 spiro atoms. The van der Waals surface area contributed by atoms with Gasteiger partial charge in [0, 0.05) is 140 Å². The number of rotatable bonds is 4. The summed E-state index contributed by atoms with van der Waals surface area (Å²) >= 11 is 0. The molecule has 12 rings (SSSR count). The van der Waals surface area contributed by atoms with Crippen LogP contribution in [0.4, 0.5) is 0 Å². The molecule has 4 N–H and O–H groups in total. The molecule has 19 heteroatoms. The number of carbonyl (C=O) groups is 4. The molecule has 0 aromatic carbocycles. The van der Waals surface area contributed by atoms with Gasteiger partial charge in [-0.15, -0.1) is 0 Å². The average molecular weight is 974 g/mol. The molecule has 8 aromatic rings. The number of piperazine rings is 3. The third kappa shape index (κ3) is 11.2. The zero-order chi connectivity index (χ0) is 49.9. The van der Waals surface area contributed by atoms with E-state index in [1.807, 2.05) is 71.6 Å². The number of fused-ring (bicyclic) bond motifs is 4. The number of nitrogens with one attached hydrogen (secondary N) is 4. The van der Waals surface area contributed by atoms with E-state index in [2.05, 4.69) is 55.8 Å². The van der Waals surface area contributed by atoms with E-state index in [0.717, 1.165) is 172 Å². The van der Waals surface area contributed by atoms with Gasteiger partial charge in [0.15, 0.2) is 22.3 Å². The van der Waals surface area contributed by atoms with E-state index >= 15 is 0 Å². The van der Waals surface area contributed by atoms with Crippen LogP contribution in [-0.4, -0.2) is 191 Å². The van der Waals surface area contributed by atoms with E-state index in [9.17, 15) is 19.2 Å². The van der Waals surface area contributed by atoms with Gasteiger partial charge in [-0.25, -0.2) is 0 Å². The molecule has 4 fully saturated rings. The fourth-order valence-corrected chi connectivity index (χ4v) is 9.43. The Kier molecular flexibility index (Phi) is 14.6. The predicted octanol–water partition coefficient (Wildman–Crippen LogP) is 7.07. The number of nitrogens with zero attached hydrogens (tertiary/aromatic N) is 7. The number of amides is 4. The Bertz CT molecular complexity index is 3010. The van der Waals surface area contributed by atoms with Crippen LogP contribution in [0.2, 0.25) is 0 Å². The number of H-pyrrole nitrogens is 4. The number of hydrogen-bond donors (Lipinski definition) is 4. The lowest BCUT2D eigenvalue weighted by Crippen LogP contribution is -2.47. The van der Waals surface area contributed by atoms with Gasteiger partial charge in [0.2, 0.25) is 0 Å². The number of aryl methyl sites for hydroxylation is 4. The number of aromatic nitrogens is 4. The van der Waals surface area contributed by atoms with Crippen molar-refractivity contribution in [1.29, 1.82) is 0 Å². The molecule has 4 aliphatic heterocycles. The van der Waals surface area contributed by atoms with Crippen LogP contribution < -0.4 is 0 Å². The van der Waals surface area contributed by atoms with Crippen molar-refractivity contribution < 1.29 is 36.8 Å². The van der Waals surface area contributed by atoms with Gasteiger partial charge in [-0.3, -0.25) is 19.2 Å². The Balaban J connectivity index is 0.000000117. The summed E-state index contributed by atoms with van der Waals surface area (Å²) in [5, 5.41) is 0. The first-order valence-corrected chi connectivity index (χ1v) is 24.7. The number of furan rings is 4. The molecule has 0 saturated carbocycles. The Hall–Kier alpha value is -6.96. The standard InChI is InChI=1S/C14H19N3O2.C13H17N3O2.C13H16N2O2.C12H15N3O2/c1-9-10(2)19-12-8-11(15-13(9)12)14(18)17-6-4-16(3)5-7-17;1-9-7-10-12(18-9)8-11(14-10)13(17)16-5-3-15(2)4-6-16;1-9-7-10-12(17-9)8-11(14-10)13(16)15-5-3-2-4-6-15;1-14-3-5-15(6-4-14)12(16)10-8-11-9(13-10)2-7-17-11/h8,15H,4-7H2,1-3H3;7-8,14H,3-6H2,1-2H3;7-8,14H,2-6H2,1H3;2,7-8,13H,3-6H2,1H3. The highest BCUT2D eigenvalue weighted by Gasteiger charge is 2.26. The minimum absolute atomic E-state index is 0.0597. The highest BCUT2D eigenvalue weighted by Crippen LogP contribution is 2.26. The van der Waals surface area contributed by atoms with Gasteiger partial charge >= 0.3 is 0 Å². The van der Waals surface area contributed by atoms with Gasteiger partial charge in [0.1, 0.15) is 40.1 Å². The molecule has 0 aliphatic carbocycles. The summed E-state index contributed by atoms with van der Waals surface area (Å²) in [4.78, 5) is 75.9. The van der Waals surface area contributed by atoms with Crippen LogP contribution in [0.25, 0.3) is 44.4 Å². The average Bonchev–Trinajstić information content (AvgIpc) is 4.25. The lowest BCUT2D eigenvalue weighted by atomic mass is 10.1. The van der Waals surface area contributed by atoms with Crippen molar-refractivity contribution in [3.8, 4) is 0 Å². The Morgan fingerprint density at radius 2 is 0.803 bits per heavy atom. The van der Waals surface area contributed by atoms with Crippen molar-refractivity contribution in [3.05, 3.63) is 94.3 Å². The first kappa shape index (κ1) is 49.0. The second kappa shape index (κ2) is 21.2. The lowest BCUT2D eigenvalue weighted by Gasteiger charge is -2.32. The highest BCUT2D eigenvalue weighted by molar-refractivity contribution is 5.99. The quantitative estimate of drug-likeness (QED) is 0.140. The Morgan fingerprint density at radius 1 is 0.423 bits per heavy atom. The highest BCUT2D eigenvalue weighted by atomic mass is 16.3. The van der Waals surface area contributed by atoms with Crippen molar-refractivity contribution in [1.82, 2.24) is 54.2 Å². The second-order valence-electron chi connectivity index (χ2n) is 19.4. The van der Waals surface area contributed by atoms with E-state index in [0.29, 0.717) is 22.8 Å². The van der Waals surface area contributed by atoms with E-state index in [-0.39, 0.29) is 23.6 Å². The number of piperidine rings is 1. The van der Waals surface area contributed by atoms with Gasteiger partial charge in [-0.1, -0.05) is 0 Å². The summed E-state index contributed by atoms with van der Waals surface area (Å²) in [5.41, 5.74) is 10.2. The van der Waals surface area contributed by atoms with Crippen molar-refractivity contribution in [2.45, 2.75) is 47.0 Å². The third-order valence-corrected chi connectivity index (χ3v) is 14.0. The summed E-state index contributed by atoms with van der Waals surface area (Å²) in [6, 6.07) is 12.8. The monoisotopic (exact) mass is 974 g/mol. The second-order valence-corrected chi connectivity index (χ2v) is 19.4. The minimum atomic E-state index is 0.0597. The van der Waals surface area contributed by atoms with Crippen molar-refractivity contribution in [3.63, 3.8) is 0 Å². The summed E-state index contributed by atoms with van der Waals surface area (Å²) in [6.07, 6.45) is 5.07. The minimum Gasteiger partial charge on any atom is -0.463 e. The molecule has 19 nitrogen and oxygen atoms in total. The topological polar surface area (TPSA) is 207 Å². The number of likely N-dealkylation sites (tertiary alicyclic amines) is 1. The fraction of sp³-hybridized carbons (Fsp3) is 0.462. The normalized spacial score (nSPS) is 17.3. The van der Waals surface area contributed by atoms with Crippen molar-refractivity contribution >= 4 is 68.0 Å².